The summed E-state index contributed by atoms with van der Waals surface area (Å²) >= 11 is 4.96. The van der Waals surface area contributed by atoms with Crippen LogP contribution in [0, 0.1) is 17.5 Å². The third kappa shape index (κ3) is 2.47. The molecule has 0 aliphatic carbocycles. The van der Waals surface area contributed by atoms with Crippen LogP contribution in [0.25, 0.3) is 11.3 Å². The molecular formula is C11H10FN3OS. The number of H-pyrrole nitrogens is 1. The monoisotopic (exact) mass is 251 g/mol. The van der Waals surface area contributed by atoms with Gasteiger partial charge in [-0.2, -0.15) is 0 Å². The summed E-state index contributed by atoms with van der Waals surface area (Å²) < 4.78 is 18.6. The number of aromatic amines is 1. The summed E-state index contributed by atoms with van der Waals surface area (Å²) in [4.78, 5) is 10.8. The molecule has 0 bridgehead atoms. The number of aromatic nitrogens is 3. The van der Waals surface area contributed by atoms with Crippen molar-refractivity contribution in [3.63, 3.8) is 0 Å². The Morgan fingerprint density at radius 3 is 2.76 bits per heavy atom. The fourth-order valence-corrected chi connectivity index (χ4v) is 1.70. The van der Waals surface area contributed by atoms with Crippen molar-refractivity contribution < 1.29 is 9.13 Å². The average Bonchev–Trinajstić information content (AvgIpc) is 2.27. The van der Waals surface area contributed by atoms with Gasteiger partial charge in [0, 0.05) is 17.5 Å². The number of halogens is 1. The quantitative estimate of drug-likeness (QED) is 0.834. The Balaban J connectivity index is 2.53. The fourth-order valence-electron chi connectivity index (χ4n) is 1.44. The first-order valence-corrected chi connectivity index (χ1v) is 5.29. The van der Waals surface area contributed by atoms with Crippen molar-refractivity contribution in [1.82, 2.24) is 15.0 Å². The number of methoxy groups -OCH3 is 1. The second-order valence-corrected chi connectivity index (χ2v) is 3.86. The molecular weight excluding hydrogens is 241 g/mol. The Labute approximate surface area is 103 Å². The molecule has 2 rings (SSSR count). The van der Waals surface area contributed by atoms with E-state index >= 15 is 0 Å². The van der Waals surface area contributed by atoms with Crippen LogP contribution >= 0.6 is 12.2 Å². The largest absolute Gasteiger partial charge is 0.479 e. The van der Waals surface area contributed by atoms with E-state index < -0.39 is 5.82 Å². The molecule has 2 aromatic rings. The molecule has 0 amide bonds. The Kier molecular flexibility index (Phi) is 3.14. The standard InChI is InChI=1S/C11H10FN3OS/c1-6-3-9(15-11(17)14-6)7-4-8(12)10(16-2)13-5-7/h3-5H,1-2H3,(H,14,15,17). The van der Waals surface area contributed by atoms with Gasteiger partial charge in [0.1, 0.15) is 0 Å². The van der Waals surface area contributed by atoms with Gasteiger partial charge in [0.15, 0.2) is 10.6 Å². The van der Waals surface area contributed by atoms with Gasteiger partial charge in [-0.05, 0) is 31.3 Å². The highest BCUT2D eigenvalue weighted by Gasteiger charge is 2.08. The van der Waals surface area contributed by atoms with E-state index in [1.165, 1.54) is 19.4 Å². The van der Waals surface area contributed by atoms with E-state index in [1.807, 2.05) is 6.92 Å². The number of pyridine rings is 1. The molecule has 88 valence electrons. The Morgan fingerprint density at radius 1 is 1.41 bits per heavy atom. The van der Waals surface area contributed by atoms with E-state index in [4.69, 9.17) is 17.0 Å². The molecule has 2 aromatic heterocycles. The predicted octanol–water partition coefficient (Wildman–Crippen LogP) is 2.66. The maximum atomic E-state index is 13.5. The predicted molar refractivity (Wildman–Crippen MR) is 63.9 cm³/mol. The SMILES string of the molecule is COc1ncc(-c2cc(C)[nH]c(=S)n2)cc1F. The van der Waals surface area contributed by atoms with E-state index in [2.05, 4.69) is 15.0 Å². The van der Waals surface area contributed by atoms with E-state index in [0.717, 1.165) is 5.69 Å². The van der Waals surface area contributed by atoms with Crippen LogP contribution in [-0.4, -0.2) is 22.1 Å². The molecule has 4 nitrogen and oxygen atoms in total. The number of nitrogens with zero attached hydrogens (tertiary/aromatic N) is 2. The maximum absolute atomic E-state index is 13.5. The minimum atomic E-state index is -0.525. The van der Waals surface area contributed by atoms with Crippen LogP contribution in [0.5, 0.6) is 5.88 Å². The van der Waals surface area contributed by atoms with Gasteiger partial charge in [0.05, 0.1) is 12.8 Å². The minimum Gasteiger partial charge on any atom is -0.479 e. The average molecular weight is 251 g/mol. The molecule has 2 heterocycles. The smallest absolute Gasteiger partial charge is 0.250 e. The number of ether oxygens (including phenoxy) is 1. The zero-order valence-electron chi connectivity index (χ0n) is 9.32. The van der Waals surface area contributed by atoms with E-state index in [-0.39, 0.29) is 5.88 Å². The first-order chi connectivity index (χ1) is 8.10. The Bertz CT molecular complexity index is 612. The molecule has 0 unspecified atom stereocenters. The van der Waals surface area contributed by atoms with Gasteiger partial charge in [-0.25, -0.2) is 14.4 Å². The van der Waals surface area contributed by atoms with Crippen LogP contribution in [0.15, 0.2) is 18.3 Å². The van der Waals surface area contributed by atoms with Crippen LogP contribution in [0.1, 0.15) is 5.69 Å². The van der Waals surface area contributed by atoms with E-state index in [9.17, 15) is 4.39 Å². The molecule has 0 aromatic carbocycles. The Morgan fingerprint density at radius 2 is 2.18 bits per heavy atom. The molecule has 0 saturated heterocycles. The van der Waals surface area contributed by atoms with Crippen molar-refractivity contribution in [2.24, 2.45) is 0 Å². The lowest BCUT2D eigenvalue weighted by Crippen LogP contribution is -1.95. The first-order valence-electron chi connectivity index (χ1n) is 4.88. The maximum Gasteiger partial charge on any atom is 0.250 e. The zero-order chi connectivity index (χ0) is 12.4. The summed E-state index contributed by atoms with van der Waals surface area (Å²) in [6.07, 6.45) is 1.50. The third-order valence-electron chi connectivity index (χ3n) is 2.18. The molecule has 0 saturated carbocycles. The normalized spacial score (nSPS) is 10.3. The molecule has 0 radical (unpaired) electrons. The first kappa shape index (κ1) is 11.7. The number of hydrogen-bond donors (Lipinski definition) is 1. The number of rotatable bonds is 2. The van der Waals surface area contributed by atoms with Crippen molar-refractivity contribution in [1.29, 1.82) is 0 Å². The van der Waals surface area contributed by atoms with Crippen LogP contribution in [-0.2, 0) is 0 Å². The number of nitrogens with one attached hydrogen (secondary N) is 1. The van der Waals surface area contributed by atoms with Crippen molar-refractivity contribution in [2.45, 2.75) is 6.92 Å². The lowest BCUT2D eigenvalue weighted by atomic mass is 10.2. The summed E-state index contributed by atoms with van der Waals surface area (Å²) in [6.45, 7) is 1.86. The van der Waals surface area contributed by atoms with Crippen molar-refractivity contribution in [3.8, 4) is 17.1 Å². The van der Waals surface area contributed by atoms with E-state index in [0.29, 0.717) is 16.0 Å². The van der Waals surface area contributed by atoms with Gasteiger partial charge in [-0.1, -0.05) is 0 Å². The molecule has 1 N–H and O–H groups in total. The molecule has 0 fully saturated rings. The molecule has 0 aliphatic rings. The molecule has 0 atom stereocenters. The van der Waals surface area contributed by atoms with Gasteiger partial charge in [0.2, 0.25) is 5.88 Å². The topological polar surface area (TPSA) is 50.8 Å². The van der Waals surface area contributed by atoms with Crippen molar-refractivity contribution in [3.05, 3.63) is 34.6 Å². The van der Waals surface area contributed by atoms with Crippen LogP contribution in [0.4, 0.5) is 4.39 Å². The molecule has 6 heteroatoms. The second-order valence-electron chi connectivity index (χ2n) is 3.47. The summed E-state index contributed by atoms with van der Waals surface area (Å²) in [7, 11) is 1.37. The molecule has 17 heavy (non-hydrogen) atoms. The lowest BCUT2D eigenvalue weighted by Gasteiger charge is -2.04. The van der Waals surface area contributed by atoms with Gasteiger partial charge >= 0.3 is 0 Å². The van der Waals surface area contributed by atoms with Crippen LogP contribution in [0.2, 0.25) is 0 Å². The zero-order valence-corrected chi connectivity index (χ0v) is 10.1. The fraction of sp³-hybridized carbons (Fsp3) is 0.182. The lowest BCUT2D eigenvalue weighted by molar-refractivity contribution is 0.369. The summed E-state index contributed by atoms with van der Waals surface area (Å²) in [5.74, 6) is -0.560. The van der Waals surface area contributed by atoms with Gasteiger partial charge in [0.25, 0.3) is 0 Å². The van der Waals surface area contributed by atoms with E-state index in [1.54, 1.807) is 6.07 Å². The Hall–Kier alpha value is -1.82. The summed E-state index contributed by atoms with van der Waals surface area (Å²) in [5.41, 5.74) is 2.00. The highest BCUT2D eigenvalue weighted by molar-refractivity contribution is 7.71. The van der Waals surface area contributed by atoms with Crippen molar-refractivity contribution >= 4 is 12.2 Å². The van der Waals surface area contributed by atoms with Crippen molar-refractivity contribution in [2.75, 3.05) is 7.11 Å². The number of hydrogen-bond acceptors (Lipinski definition) is 4. The highest BCUT2D eigenvalue weighted by Crippen LogP contribution is 2.21. The van der Waals surface area contributed by atoms with Gasteiger partial charge in [-0.15, -0.1) is 0 Å². The van der Waals surface area contributed by atoms with Gasteiger partial charge < -0.3 is 9.72 Å². The summed E-state index contributed by atoms with van der Waals surface area (Å²) in [6, 6.07) is 3.10. The molecule has 0 aliphatic heterocycles. The third-order valence-corrected chi connectivity index (χ3v) is 2.37. The van der Waals surface area contributed by atoms with Crippen LogP contribution in [0.3, 0.4) is 0 Å². The summed E-state index contributed by atoms with van der Waals surface area (Å²) in [5, 5.41) is 0. The number of aryl methyl sites for hydroxylation is 1. The van der Waals surface area contributed by atoms with Gasteiger partial charge in [-0.3, -0.25) is 0 Å². The molecule has 0 spiro atoms. The minimum absolute atomic E-state index is 0.0356. The highest BCUT2D eigenvalue weighted by atomic mass is 32.1. The van der Waals surface area contributed by atoms with Crippen LogP contribution < -0.4 is 4.74 Å². The second kappa shape index (κ2) is 4.58.